The van der Waals surface area contributed by atoms with E-state index in [1.54, 1.807) is 24.3 Å². The molecule has 0 spiro atoms. The van der Waals surface area contributed by atoms with Crippen molar-refractivity contribution in [2.24, 2.45) is 0 Å². The molecule has 12 heteroatoms. The Bertz CT molecular complexity index is 1430. The third kappa shape index (κ3) is 6.52. The van der Waals surface area contributed by atoms with Crippen LogP contribution in [-0.2, 0) is 14.8 Å². The summed E-state index contributed by atoms with van der Waals surface area (Å²) < 4.78 is 41.5. The van der Waals surface area contributed by atoms with E-state index in [1.165, 1.54) is 17.3 Å². The molecule has 206 valence electrons. The molecule has 1 atom stereocenters. The van der Waals surface area contributed by atoms with Crippen LogP contribution in [0.5, 0.6) is 0 Å². The number of carbonyl (C=O) groups excluding carboxylic acids is 1. The minimum atomic E-state index is -3.84. The van der Waals surface area contributed by atoms with Gasteiger partial charge in [0.25, 0.3) is 5.91 Å². The quantitative estimate of drug-likeness (QED) is 0.376. The molecule has 1 aliphatic rings. The number of nitrogens with one attached hydrogen (secondary N) is 1. The van der Waals surface area contributed by atoms with Gasteiger partial charge < -0.3 is 10.4 Å². The molecular weight excluding hydrogens is 568 g/mol. The monoisotopic (exact) mass is 593 g/mol. The summed E-state index contributed by atoms with van der Waals surface area (Å²) in [5.74, 6) is -3.15. The van der Waals surface area contributed by atoms with E-state index in [4.69, 9.17) is 28.3 Å². The fourth-order valence-corrected chi connectivity index (χ4v) is 6.01. The van der Waals surface area contributed by atoms with Crippen molar-refractivity contribution >= 4 is 50.8 Å². The molecule has 3 aromatic rings. The van der Waals surface area contributed by atoms with Crippen LogP contribution < -0.4 is 9.62 Å². The van der Waals surface area contributed by atoms with Gasteiger partial charge in [-0.3, -0.25) is 18.8 Å². The van der Waals surface area contributed by atoms with Crippen LogP contribution >= 0.6 is 23.2 Å². The maximum Gasteiger partial charge on any atom is 0.325 e. The minimum absolute atomic E-state index is 0.103. The summed E-state index contributed by atoms with van der Waals surface area (Å²) in [4.78, 5) is 25.8. The number of sulfonamides is 1. The first-order valence-corrected chi connectivity index (χ1v) is 14.5. The number of rotatable bonds is 9. The maximum absolute atomic E-state index is 14.5. The molecule has 0 aliphatic carbocycles. The number of carboxylic acids is 1. The number of carboxylic acid groups (broad SMARTS) is 1. The van der Waals surface area contributed by atoms with Crippen molar-refractivity contribution in [1.29, 1.82) is 0 Å². The highest BCUT2D eigenvalue weighted by molar-refractivity contribution is 7.92. The zero-order chi connectivity index (χ0) is 28.5. The Balaban J connectivity index is 1.62. The molecule has 8 nitrogen and oxygen atoms in total. The van der Waals surface area contributed by atoms with E-state index in [9.17, 15) is 22.4 Å². The lowest BCUT2D eigenvalue weighted by atomic mass is 9.93. The van der Waals surface area contributed by atoms with E-state index in [0.717, 1.165) is 29.5 Å². The zero-order valence-electron chi connectivity index (χ0n) is 21.0. The van der Waals surface area contributed by atoms with Crippen LogP contribution in [0.4, 0.5) is 10.1 Å². The predicted molar refractivity (Wildman–Crippen MR) is 148 cm³/mol. The minimum Gasteiger partial charge on any atom is -0.480 e. The fraction of sp³-hybridized carbons (Fsp3) is 0.259. The topological polar surface area (TPSA) is 107 Å². The van der Waals surface area contributed by atoms with Crippen LogP contribution in [0.1, 0.15) is 34.5 Å². The SMILES string of the molecule is C[C@H](NC(=O)c1cc(N(C2CN(C(c3ccc(Cl)cc3)c3ccc(Cl)cc3)C2)S(C)(=O)=O)ccc1F)C(=O)O. The highest BCUT2D eigenvalue weighted by Gasteiger charge is 2.41. The summed E-state index contributed by atoms with van der Waals surface area (Å²) in [6.45, 7) is 1.93. The van der Waals surface area contributed by atoms with Gasteiger partial charge in [-0.15, -0.1) is 0 Å². The molecule has 0 unspecified atom stereocenters. The molecule has 1 fully saturated rings. The van der Waals surface area contributed by atoms with Crippen LogP contribution in [0.15, 0.2) is 66.7 Å². The Kier molecular flexibility index (Phi) is 8.51. The zero-order valence-corrected chi connectivity index (χ0v) is 23.3. The lowest BCUT2D eigenvalue weighted by molar-refractivity contribution is -0.138. The number of amides is 1. The average molecular weight is 594 g/mol. The van der Waals surface area contributed by atoms with Gasteiger partial charge >= 0.3 is 5.97 Å². The molecule has 1 aliphatic heterocycles. The molecule has 0 saturated carbocycles. The van der Waals surface area contributed by atoms with Gasteiger partial charge in [-0.1, -0.05) is 47.5 Å². The van der Waals surface area contributed by atoms with Crippen molar-refractivity contribution in [3.63, 3.8) is 0 Å². The number of hydrogen-bond acceptors (Lipinski definition) is 5. The van der Waals surface area contributed by atoms with Gasteiger partial charge in [0.1, 0.15) is 11.9 Å². The first-order valence-electron chi connectivity index (χ1n) is 11.9. The first kappa shape index (κ1) is 28.8. The predicted octanol–water partition coefficient (Wildman–Crippen LogP) is 4.58. The maximum atomic E-state index is 14.5. The van der Waals surface area contributed by atoms with Gasteiger partial charge in [-0.05, 0) is 60.5 Å². The lowest BCUT2D eigenvalue weighted by Crippen LogP contribution is -2.61. The molecule has 0 aromatic heterocycles. The van der Waals surface area contributed by atoms with Gasteiger partial charge in [0.05, 0.1) is 29.6 Å². The number of halogens is 3. The highest BCUT2D eigenvalue weighted by Crippen LogP contribution is 2.37. The van der Waals surface area contributed by atoms with Crippen LogP contribution in [0.3, 0.4) is 0 Å². The van der Waals surface area contributed by atoms with Crippen LogP contribution in [0.2, 0.25) is 10.0 Å². The van der Waals surface area contributed by atoms with Crippen molar-refractivity contribution < 1.29 is 27.5 Å². The molecule has 1 heterocycles. The van der Waals surface area contributed by atoms with E-state index < -0.39 is 45.4 Å². The Labute approximate surface area is 236 Å². The summed E-state index contributed by atoms with van der Waals surface area (Å²) in [6.07, 6.45) is 1.04. The Hall–Kier alpha value is -3.18. The van der Waals surface area contributed by atoms with E-state index in [0.29, 0.717) is 23.1 Å². The van der Waals surface area contributed by atoms with Crippen LogP contribution in [0, 0.1) is 5.82 Å². The molecule has 0 bridgehead atoms. The first-order chi connectivity index (χ1) is 18.3. The average Bonchev–Trinajstić information content (AvgIpc) is 2.84. The molecule has 4 rings (SSSR count). The number of carbonyl (C=O) groups is 2. The number of nitrogens with zero attached hydrogens (tertiary/aromatic N) is 2. The van der Waals surface area contributed by atoms with Gasteiger partial charge in [-0.2, -0.15) is 0 Å². The van der Waals surface area contributed by atoms with Crippen molar-refractivity contribution in [3.8, 4) is 0 Å². The molecule has 39 heavy (non-hydrogen) atoms. The van der Waals surface area contributed by atoms with Crippen molar-refractivity contribution in [2.75, 3.05) is 23.7 Å². The van der Waals surface area contributed by atoms with E-state index in [1.807, 2.05) is 24.3 Å². The van der Waals surface area contributed by atoms with E-state index >= 15 is 0 Å². The number of likely N-dealkylation sites (tertiary alicyclic amines) is 1. The highest BCUT2D eigenvalue weighted by atomic mass is 35.5. The summed E-state index contributed by atoms with van der Waals surface area (Å²) in [7, 11) is -3.84. The van der Waals surface area contributed by atoms with Crippen LogP contribution in [0.25, 0.3) is 0 Å². The molecule has 1 saturated heterocycles. The molecule has 1 amide bonds. The van der Waals surface area contributed by atoms with E-state index in [-0.39, 0.29) is 11.7 Å². The van der Waals surface area contributed by atoms with Gasteiger partial charge in [0, 0.05) is 23.1 Å². The number of hydrogen-bond donors (Lipinski definition) is 2. The second-order valence-corrected chi connectivity index (χ2v) is 12.1. The lowest BCUT2D eigenvalue weighted by Gasteiger charge is -2.48. The number of anilines is 1. The summed E-state index contributed by atoms with van der Waals surface area (Å²) >= 11 is 12.2. The number of aliphatic carboxylic acids is 1. The van der Waals surface area contributed by atoms with E-state index in [2.05, 4.69) is 10.2 Å². The normalized spacial score (nSPS) is 15.0. The third-order valence-electron chi connectivity index (χ3n) is 6.48. The smallest absolute Gasteiger partial charge is 0.325 e. The van der Waals surface area contributed by atoms with Crippen LogP contribution in [-0.4, -0.2) is 61.7 Å². The van der Waals surface area contributed by atoms with Crippen molar-refractivity contribution in [2.45, 2.75) is 25.0 Å². The standard InChI is InChI=1S/C27H26Cl2FN3O5S/c1-16(27(35)36)31-26(34)23-13-21(11-12-24(23)30)33(39(2,37)38)22-14-32(15-22)25(17-3-7-19(28)8-4-17)18-5-9-20(29)10-6-18/h3-13,16,22,25H,14-15H2,1-2H3,(H,31,34)(H,35,36)/t16-/m0/s1. The summed E-state index contributed by atoms with van der Waals surface area (Å²) in [5.41, 5.74) is 1.57. The Morgan fingerprint density at radius 2 is 1.51 bits per heavy atom. The summed E-state index contributed by atoms with van der Waals surface area (Å²) in [5, 5.41) is 12.4. The number of benzene rings is 3. The fourth-order valence-electron chi connectivity index (χ4n) is 4.58. The Morgan fingerprint density at radius 3 is 1.97 bits per heavy atom. The van der Waals surface area contributed by atoms with Crippen molar-refractivity contribution in [1.82, 2.24) is 10.2 Å². The molecule has 0 radical (unpaired) electrons. The molecule has 2 N–H and O–H groups in total. The molecular formula is C27H26Cl2FN3O5S. The van der Waals surface area contributed by atoms with Gasteiger partial charge in [-0.25, -0.2) is 12.8 Å². The van der Waals surface area contributed by atoms with Gasteiger partial charge in [0.2, 0.25) is 10.0 Å². The second kappa shape index (κ2) is 11.5. The largest absolute Gasteiger partial charge is 0.480 e. The second-order valence-electron chi connectivity index (χ2n) is 9.37. The molecule has 3 aromatic carbocycles. The van der Waals surface area contributed by atoms with Gasteiger partial charge in [0.15, 0.2) is 0 Å². The summed E-state index contributed by atoms with van der Waals surface area (Å²) in [6, 6.07) is 16.2. The van der Waals surface area contributed by atoms with Crippen molar-refractivity contribution in [3.05, 3.63) is 99.3 Å². The Morgan fingerprint density at radius 1 is 1.00 bits per heavy atom. The third-order valence-corrected chi connectivity index (χ3v) is 8.21.